The fourth-order valence-corrected chi connectivity index (χ4v) is 1.88. The van der Waals surface area contributed by atoms with Crippen molar-refractivity contribution in [3.8, 4) is 5.75 Å². The first kappa shape index (κ1) is 14.6. The van der Waals surface area contributed by atoms with Crippen LogP contribution < -0.4 is 10.2 Å². The topological polar surface area (TPSA) is 67.5 Å². The van der Waals surface area contributed by atoms with Crippen LogP contribution in [0, 0.1) is 5.82 Å². The summed E-state index contributed by atoms with van der Waals surface area (Å²) in [5, 5.41) is 22.7. The third-order valence-electron chi connectivity index (χ3n) is 3.02. The number of ether oxygens (including phenoxy) is 1. The monoisotopic (exact) mass is 278 g/mol. The van der Waals surface area contributed by atoms with Crippen LogP contribution in [0.25, 0.3) is 0 Å². The zero-order chi connectivity index (χ0) is 14.7. The van der Waals surface area contributed by atoms with E-state index >= 15 is 0 Å². The number of hydrogen-bond acceptors (Lipinski definition) is 4. The van der Waals surface area contributed by atoms with Crippen LogP contribution in [0.4, 0.5) is 4.39 Å². The number of hydrogen-bond donors (Lipinski definition) is 2. The summed E-state index contributed by atoms with van der Waals surface area (Å²) in [6, 6.07) is 5.47. The molecule has 0 aliphatic carbocycles. The van der Waals surface area contributed by atoms with Crippen LogP contribution in [0.2, 0.25) is 0 Å². The molecule has 0 saturated heterocycles. The second kappa shape index (κ2) is 6.07. The Morgan fingerprint density at radius 2 is 2.10 bits per heavy atom. The highest BCUT2D eigenvalue weighted by Crippen LogP contribution is 2.13. The lowest BCUT2D eigenvalue weighted by Crippen LogP contribution is -2.31. The van der Waals surface area contributed by atoms with Crippen LogP contribution in [-0.2, 0) is 20.1 Å². The summed E-state index contributed by atoms with van der Waals surface area (Å²) in [6.45, 7) is 2.17. The van der Waals surface area contributed by atoms with Gasteiger partial charge >= 0.3 is 7.12 Å². The van der Waals surface area contributed by atoms with E-state index in [0.29, 0.717) is 0 Å². The summed E-state index contributed by atoms with van der Waals surface area (Å²) < 4.78 is 20.4. The fourth-order valence-electron chi connectivity index (χ4n) is 1.88. The molecular weight excluding hydrogens is 262 g/mol. The summed E-state index contributed by atoms with van der Waals surface area (Å²) >= 11 is 0. The summed E-state index contributed by atoms with van der Waals surface area (Å²) in [5.74, 6) is -0.386. The van der Waals surface area contributed by atoms with Crippen molar-refractivity contribution in [1.29, 1.82) is 0 Å². The zero-order valence-corrected chi connectivity index (χ0v) is 11.4. The van der Waals surface area contributed by atoms with E-state index in [1.807, 2.05) is 13.0 Å². The van der Waals surface area contributed by atoms with Crippen LogP contribution in [0.15, 0.2) is 24.3 Å². The highest BCUT2D eigenvalue weighted by molar-refractivity contribution is 6.59. The van der Waals surface area contributed by atoms with E-state index in [1.165, 1.54) is 6.07 Å². The lowest BCUT2D eigenvalue weighted by atomic mass is 9.79. The van der Waals surface area contributed by atoms with Crippen LogP contribution >= 0.6 is 0 Å². The van der Waals surface area contributed by atoms with Crippen LogP contribution in [0.5, 0.6) is 5.75 Å². The maximum atomic E-state index is 13.2. The maximum Gasteiger partial charge on any atom is 0.492 e. The van der Waals surface area contributed by atoms with Gasteiger partial charge in [0.2, 0.25) is 0 Å². The van der Waals surface area contributed by atoms with Gasteiger partial charge in [-0.3, -0.25) is 4.68 Å². The van der Waals surface area contributed by atoms with Crippen LogP contribution in [-0.4, -0.2) is 26.9 Å². The molecule has 0 bridgehead atoms. The predicted molar refractivity (Wildman–Crippen MR) is 73.1 cm³/mol. The first-order chi connectivity index (χ1) is 9.51. The van der Waals surface area contributed by atoms with Crippen LogP contribution in [0.3, 0.4) is 0 Å². The van der Waals surface area contributed by atoms with E-state index < -0.39 is 12.9 Å². The SMILES string of the molecule is CCc1cc(COc2cc(F)ccc2B(O)O)n(C)n1. The maximum absolute atomic E-state index is 13.2. The summed E-state index contributed by atoms with van der Waals surface area (Å²) in [6.07, 6.45) is 0.814. The van der Waals surface area contributed by atoms with Crippen molar-refractivity contribution < 1.29 is 19.2 Å². The Morgan fingerprint density at radius 3 is 2.70 bits per heavy atom. The summed E-state index contributed by atoms with van der Waals surface area (Å²) in [7, 11) is 0.0916. The van der Waals surface area contributed by atoms with Crippen molar-refractivity contribution in [2.75, 3.05) is 0 Å². The van der Waals surface area contributed by atoms with E-state index in [4.69, 9.17) is 4.74 Å². The Bertz CT molecular complexity index is 601. The third-order valence-corrected chi connectivity index (χ3v) is 3.02. The van der Waals surface area contributed by atoms with Crippen molar-refractivity contribution >= 4 is 12.6 Å². The zero-order valence-electron chi connectivity index (χ0n) is 11.4. The second-order valence-electron chi connectivity index (χ2n) is 4.45. The molecular formula is C13H16BFN2O3. The standard InChI is InChI=1S/C13H16BFN2O3/c1-3-10-7-11(17(2)16-10)8-20-13-6-9(15)4-5-12(13)14(18)19/h4-7,18-19H,3,8H2,1-2H3. The van der Waals surface area contributed by atoms with Gasteiger partial charge in [0, 0.05) is 18.6 Å². The average Bonchev–Trinajstić information content (AvgIpc) is 2.76. The molecule has 0 radical (unpaired) electrons. The largest absolute Gasteiger partial charge is 0.492 e. The van der Waals surface area contributed by atoms with E-state index in [0.717, 1.165) is 29.9 Å². The third kappa shape index (κ3) is 3.18. The van der Waals surface area contributed by atoms with E-state index in [2.05, 4.69) is 5.10 Å². The van der Waals surface area contributed by atoms with Gasteiger partial charge in [0.15, 0.2) is 0 Å². The Balaban J connectivity index is 2.17. The highest BCUT2D eigenvalue weighted by Gasteiger charge is 2.18. The van der Waals surface area contributed by atoms with Gasteiger partial charge in [-0.15, -0.1) is 0 Å². The van der Waals surface area contributed by atoms with Gasteiger partial charge in [-0.2, -0.15) is 5.10 Å². The van der Waals surface area contributed by atoms with Gasteiger partial charge in [-0.25, -0.2) is 4.39 Å². The molecule has 0 saturated carbocycles. The highest BCUT2D eigenvalue weighted by atomic mass is 19.1. The van der Waals surface area contributed by atoms with Crippen molar-refractivity contribution in [2.45, 2.75) is 20.0 Å². The molecule has 1 aromatic heterocycles. The minimum absolute atomic E-state index is 0.110. The molecule has 0 aliphatic rings. The first-order valence-corrected chi connectivity index (χ1v) is 6.31. The molecule has 20 heavy (non-hydrogen) atoms. The molecule has 0 fully saturated rings. The number of aromatic nitrogens is 2. The molecule has 0 amide bonds. The molecule has 106 valence electrons. The van der Waals surface area contributed by atoms with Crippen molar-refractivity contribution in [3.05, 3.63) is 41.5 Å². The number of benzene rings is 1. The Kier molecular flexibility index (Phi) is 4.41. The molecule has 7 heteroatoms. The quantitative estimate of drug-likeness (QED) is 0.776. The summed E-state index contributed by atoms with van der Waals surface area (Å²) in [5.41, 5.74) is 1.89. The molecule has 2 aromatic rings. The number of rotatable bonds is 5. The van der Waals surface area contributed by atoms with Gasteiger partial charge in [0.25, 0.3) is 0 Å². The van der Waals surface area contributed by atoms with Crippen molar-refractivity contribution in [3.63, 3.8) is 0 Å². The number of aryl methyl sites for hydroxylation is 2. The Hall–Kier alpha value is -1.86. The van der Waals surface area contributed by atoms with Crippen molar-refractivity contribution in [2.24, 2.45) is 7.05 Å². The van der Waals surface area contributed by atoms with E-state index in [-0.39, 0.29) is 17.8 Å². The number of halogens is 1. The van der Waals surface area contributed by atoms with Gasteiger partial charge in [-0.05, 0) is 18.6 Å². The molecule has 0 unspecified atom stereocenters. The fraction of sp³-hybridized carbons (Fsp3) is 0.308. The first-order valence-electron chi connectivity index (χ1n) is 6.31. The molecule has 1 heterocycles. The Labute approximate surface area is 116 Å². The molecule has 2 rings (SSSR count). The van der Waals surface area contributed by atoms with Gasteiger partial charge in [0.05, 0.1) is 11.4 Å². The summed E-state index contributed by atoms with van der Waals surface area (Å²) in [4.78, 5) is 0. The minimum Gasteiger partial charge on any atom is -0.488 e. The second-order valence-corrected chi connectivity index (χ2v) is 4.45. The van der Waals surface area contributed by atoms with Gasteiger partial charge < -0.3 is 14.8 Å². The number of nitrogens with zero attached hydrogens (tertiary/aromatic N) is 2. The smallest absolute Gasteiger partial charge is 0.488 e. The van der Waals surface area contributed by atoms with E-state index in [1.54, 1.807) is 11.7 Å². The van der Waals surface area contributed by atoms with Gasteiger partial charge in [0.1, 0.15) is 18.2 Å². The molecule has 2 N–H and O–H groups in total. The van der Waals surface area contributed by atoms with Gasteiger partial charge in [-0.1, -0.05) is 13.0 Å². The predicted octanol–water partition coefficient (Wildman–Crippen LogP) is 0.380. The van der Waals surface area contributed by atoms with Crippen LogP contribution in [0.1, 0.15) is 18.3 Å². The molecule has 0 atom stereocenters. The van der Waals surface area contributed by atoms with E-state index in [9.17, 15) is 14.4 Å². The molecule has 0 spiro atoms. The lowest BCUT2D eigenvalue weighted by molar-refractivity contribution is 0.294. The molecule has 1 aromatic carbocycles. The Morgan fingerprint density at radius 1 is 1.35 bits per heavy atom. The minimum atomic E-state index is -1.71. The van der Waals surface area contributed by atoms with Crippen molar-refractivity contribution in [1.82, 2.24) is 9.78 Å². The normalized spacial score (nSPS) is 10.7. The molecule has 0 aliphatic heterocycles. The lowest BCUT2D eigenvalue weighted by Gasteiger charge is -2.11. The average molecular weight is 278 g/mol. The molecule has 5 nitrogen and oxygen atoms in total.